The monoisotopic (exact) mass is 349 g/mol. The molecule has 1 aliphatic rings. The van der Waals surface area contributed by atoms with Gasteiger partial charge in [0.15, 0.2) is 22.4 Å². The van der Waals surface area contributed by atoms with Gasteiger partial charge in [-0.3, -0.25) is 9.36 Å². The van der Waals surface area contributed by atoms with Crippen LogP contribution in [0.25, 0.3) is 0 Å². The number of hydrogen-bond donors (Lipinski definition) is 1. The maximum atomic E-state index is 12.4. The lowest BCUT2D eigenvalue weighted by atomic mass is 10.1. The summed E-state index contributed by atoms with van der Waals surface area (Å²) in [7, 11) is 0. The van der Waals surface area contributed by atoms with Crippen molar-refractivity contribution in [2.75, 3.05) is 19.0 Å². The summed E-state index contributed by atoms with van der Waals surface area (Å²) < 4.78 is 12.7. The number of benzene rings is 1. The van der Waals surface area contributed by atoms with Crippen molar-refractivity contribution in [1.29, 1.82) is 0 Å². The van der Waals surface area contributed by atoms with Gasteiger partial charge in [0.1, 0.15) is 0 Å². The summed E-state index contributed by atoms with van der Waals surface area (Å²) in [5.74, 6) is 1.43. The number of H-pyrrole nitrogens is 1. The molecule has 2 aromatic rings. The number of nitrogens with one attached hydrogen (secondary N) is 1. The molecule has 1 N–H and O–H groups in total. The summed E-state index contributed by atoms with van der Waals surface area (Å²) in [6.07, 6.45) is 1.64. The van der Waals surface area contributed by atoms with E-state index >= 15 is 0 Å². The molecule has 128 valence electrons. The number of ketones is 1. The first-order chi connectivity index (χ1) is 11.7. The molecule has 3 rings (SSSR count). The van der Waals surface area contributed by atoms with Crippen LogP contribution in [0.5, 0.6) is 11.5 Å². The van der Waals surface area contributed by atoms with Gasteiger partial charge in [0.05, 0.1) is 19.0 Å². The molecule has 1 aliphatic heterocycles. The molecule has 24 heavy (non-hydrogen) atoms. The molecule has 1 aromatic heterocycles. The lowest BCUT2D eigenvalue weighted by Gasteiger charge is -2.09. The van der Waals surface area contributed by atoms with Gasteiger partial charge >= 0.3 is 5.69 Å². The molecule has 0 unspecified atom stereocenters. The Labute approximate surface area is 143 Å². The number of carbonyl (C=O) groups excluding carboxylic acids is 1. The van der Waals surface area contributed by atoms with Crippen LogP contribution >= 0.6 is 11.8 Å². The summed E-state index contributed by atoms with van der Waals surface area (Å²) in [4.78, 5) is 24.1. The molecule has 2 heterocycles. The van der Waals surface area contributed by atoms with Crippen LogP contribution in [-0.2, 0) is 6.54 Å². The maximum absolute atomic E-state index is 12.4. The Bertz CT molecular complexity index is 784. The molecular weight excluding hydrogens is 330 g/mol. The number of nitrogens with zero attached hydrogens (tertiary/aromatic N) is 2. The van der Waals surface area contributed by atoms with Crippen molar-refractivity contribution in [2.45, 2.75) is 31.5 Å². The highest BCUT2D eigenvalue weighted by Crippen LogP contribution is 2.31. The number of ether oxygens (including phenoxy) is 2. The van der Waals surface area contributed by atoms with Gasteiger partial charge in [0.25, 0.3) is 0 Å². The Morgan fingerprint density at radius 2 is 2.12 bits per heavy atom. The smallest absolute Gasteiger partial charge is 0.343 e. The van der Waals surface area contributed by atoms with Crippen LogP contribution in [0.15, 0.2) is 28.2 Å². The first-order valence-corrected chi connectivity index (χ1v) is 8.88. The number of aromatic amines is 1. The van der Waals surface area contributed by atoms with E-state index < -0.39 is 0 Å². The molecule has 0 fully saturated rings. The van der Waals surface area contributed by atoms with E-state index in [1.165, 1.54) is 11.8 Å². The molecule has 0 radical (unpaired) electrons. The van der Waals surface area contributed by atoms with E-state index in [1.807, 2.05) is 6.92 Å². The van der Waals surface area contributed by atoms with Crippen molar-refractivity contribution in [3.8, 4) is 11.5 Å². The Hall–Kier alpha value is -2.22. The van der Waals surface area contributed by atoms with Crippen LogP contribution in [-0.4, -0.2) is 39.5 Å². The van der Waals surface area contributed by atoms with Gasteiger partial charge in [0.2, 0.25) is 0 Å². The van der Waals surface area contributed by atoms with Crippen LogP contribution in [0.4, 0.5) is 0 Å². The average Bonchev–Trinajstić information content (AvgIpc) is 2.80. The van der Waals surface area contributed by atoms with E-state index in [9.17, 15) is 9.59 Å². The third-order valence-electron chi connectivity index (χ3n) is 3.57. The highest BCUT2D eigenvalue weighted by Gasteiger charge is 2.16. The number of fused-ring (bicyclic) bond motifs is 1. The number of hydrogen-bond acceptors (Lipinski definition) is 6. The Balaban J connectivity index is 1.69. The third-order valence-corrected chi connectivity index (χ3v) is 4.55. The fourth-order valence-corrected chi connectivity index (χ4v) is 3.25. The van der Waals surface area contributed by atoms with Crippen molar-refractivity contribution in [2.24, 2.45) is 0 Å². The molecule has 0 bridgehead atoms. The van der Waals surface area contributed by atoms with Crippen molar-refractivity contribution in [3.63, 3.8) is 0 Å². The average molecular weight is 349 g/mol. The molecule has 7 nitrogen and oxygen atoms in total. The summed E-state index contributed by atoms with van der Waals surface area (Å²) in [6, 6.07) is 5.22. The summed E-state index contributed by atoms with van der Waals surface area (Å²) in [5.41, 5.74) is 0.314. The topological polar surface area (TPSA) is 86.2 Å². The molecule has 1 aromatic carbocycles. The van der Waals surface area contributed by atoms with E-state index in [0.717, 1.165) is 12.8 Å². The lowest BCUT2D eigenvalue weighted by Crippen LogP contribution is -2.17. The van der Waals surface area contributed by atoms with Gasteiger partial charge in [-0.15, -0.1) is 5.10 Å². The first-order valence-electron chi connectivity index (χ1n) is 7.90. The minimum absolute atomic E-state index is 0.0471. The molecule has 0 saturated heterocycles. The van der Waals surface area contributed by atoms with Gasteiger partial charge in [-0.05, 0) is 24.6 Å². The highest BCUT2D eigenvalue weighted by molar-refractivity contribution is 7.99. The summed E-state index contributed by atoms with van der Waals surface area (Å²) >= 11 is 1.25. The standard InChI is InChI=1S/C16H19N3O4S/c1-2-6-19-15(21)17-18-16(19)24-10-12(20)11-4-5-13-14(9-11)23-8-3-7-22-13/h4-5,9H,2-3,6-8,10H2,1H3,(H,17,21). The zero-order valence-electron chi connectivity index (χ0n) is 13.4. The molecule has 0 atom stereocenters. The van der Waals surface area contributed by atoms with Gasteiger partial charge < -0.3 is 9.47 Å². The minimum atomic E-state index is -0.248. The molecule has 0 saturated carbocycles. The van der Waals surface area contributed by atoms with Crippen LogP contribution in [0, 0.1) is 0 Å². The van der Waals surface area contributed by atoms with Crippen molar-refractivity contribution >= 4 is 17.5 Å². The molecule has 8 heteroatoms. The SMILES string of the molecule is CCCn1c(SCC(=O)c2ccc3c(c2)OCCCO3)n[nH]c1=O. The Kier molecular flexibility index (Phi) is 5.24. The first kappa shape index (κ1) is 16.6. The second-order valence-electron chi connectivity index (χ2n) is 5.39. The van der Waals surface area contributed by atoms with E-state index in [0.29, 0.717) is 42.0 Å². The van der Waals surface area contributed by atoms with Crippen LogP contribution in [0.3, 0.4) is 0 Å². The zero-order chi connectivity index (χ0) is 16.9. The van der Waals surface area contributed by atoms with E-state index in [1.54, 1.807) is 22.8 Å². The number of thioether (sulfide) groups is 1. The van der Waals surface area contributed by atoms with E-state index in [2.05, 4.69) is 10.2 Å². The van der Waals surface area contributed by atoms with Gasteiger partial charge in [-0.2, -0.15) is 0 Å². The quantitative estimate of drug-likeness (QED) is 0.635. The fraction of sp³-hybridized carbons (Fsp3) is 0.438. The largest absolute Gasteiger partial charge is 0.490 e. The number of carbonyl (C=O) groups is 1. The summed E-state index contributed by atoms with van der Waals surface area (Å²) in [6.45, 7) is 3.76. The van der Waals surface area contributed by atoms with E-state index in [-0.39, 0.29) is 17.2 Å². The second-order valence-corrected chi connectivity index (χ2v) is 6.33. The predicted molar refractivity (Wildman–Crippen MR) is 90.2 cm³/mol. The lowest BCUT2D eigenvalue weighted by molar-refractivity contribution is 0.102. The minimum Gasteiger partial charge on any atom is -0.490 e. The zero-order valence-corrected chi connectivity index (χ0v) is 14.2. The highest BCUT2D eigenvalue weighted by atomic mass is 32.2. The molecular formula is C16H19N3O4S. The van der Waals surface area contributed by atoms with Gasteiger partial charge in [-0.25, -0.2) is 9.89 Å². The molecule has 0 spiro atoms. The number of aromatic nitrogens is 3. The molecule has 0 amide bonds. The summed E-state index contributed by atoms with van der Waals surface area (Å²) in [5, 5.41) is 6.93. The second kappa shape index (κ2) is 7.57. The van der Waals surface area contributed by atoms with Crippen LogP contribution in [0.1, 0.15) is 30.1 Å². The van der Waals surface area contributed by atoms with Crippen molar-refractivity contribution < 1.29 is 14.3 Å². The normalized spacial score (nSPS) is 13.5. The Morgan fingerprint density at radius 1 is 1.33 bits per heavy atom. The maximum Gasteiger partial charge on any atom is 0.343 e. The third kappa shape index (κ3) is 3.64. The Morgan fingerprint density at radius 3 is 2.92 bits per heavy atom. The van der Waals surface area contributed by atoms with Gasteiger partial charge in [0, 0.05) is 18.5 Å². The van der Waals surface area contributed by atoms with Crippen molar-refractivity contribution in [3.05, 3.63) is 34.2 Å². The predicted octanol–water partition coefficient (Wildman–Crippen LogP) is 2.12. The van der Waals surface area contributed by atoms with Crippen molar-refractivity contribution in [1.82, 2.24) is 14.8 Å². The van der Waals surface area contributed by atoms with E-state index in [4.69, 9.17) is 9.47 Å². The number of rotatable bonds is 6. The number of Topliss-reactive ketones (excluding diaryl/α,β-unsaturated/α-hetero) is 1. The fourth-order valence-electron chi connectivity index (χ4n) is 2.38. The van der Waals surface area contributed by atoms with Crippen LogP contribution < -0.4 is 15.2 Å². The van der Waals surface area contributed by atoms with Gasteiger partial charge in [-0.1, -0.05) is 18.7 Å². The van der Waals surface area contributed by atoms with Crippen LogP contribution in [0.2, 0.25) is 0 Å². The molecule has 0 aliphatic carbocycles.